The lowest BCUT2D eigenvalue weighted by Gasteiger charge is -2.56. The monoisotopic (exact) mass is 818 g/mol. The number of carbonyl (C=O) groups excluding carboxylic acids is 5. The van der Waals surface area contributed by atoms with Crippen LogP contribution in [0.5, 0.6) is 5.75 Å². The number of benzene rings is 2. The molecule has 13 nitrogen and oxygen atoms in total. The number of piperidine rings is 1. The maximum atomic E-state index is 13.1. The topological polar surface area (TPSA) is 187 Å². The van der Waals surface area contributed by atoms with Gasteiger partial charge in [-0.2, -0.15) is 10.4 Å². The lowest BCUT2D eigenvalue weighted by Crippen LogP contribution is -2.55. The molecule has 1 saturated heterocycles. The number of halogens is 1. The van der Waals surface area contributed by atoms with Crippen LogP contribution in [-0.4, -0.2) is 84.9 Å². The second-order valence-corrected chi connectivity index (χ2v) is 16.5. The van der Waals surface area contributed by atoms with Gasteiger partial charge in [-0.1, -0.05) is 51.4 Å². The zero-order chi connectivity index (χ0) is 43.0. The van der Waals surface area contributed by atoms with Gasteiger partial charge in [-0.05, 0) is 112 Å². The first-order valence-corrected chi connectivity index (χ1v) is 20.1. The van der Waals surface area contributed by atoms with Crippen molar-refractivity contribution >= 4 is 41.9 Å². The number of imide groups is 1. The van der Waals surface area contributed by atoms with E-state index < -0.39 is 17.9 Å². The summed E-state index contributed by atoms with van der Waals surface area (Å²) in [4.78, 5) is 60.4. The quantitative estimate of drug-likeness (QED) is 0.114. The maximum Gasteiger partial charge on any atom is 0.255 e. The summed E-state index contributed by atoms with van der Waals surface area (Å²) in [5.74, 6) is -0.255. The van der Waals surface area contributed by atoms with Crippen LogP contribution in [0.1, 0.15) is 128 Å². The summed E-state index contributed by atoms with van der Waals surface area (Å²) in [6.45, 7) is 9.57. The Hall–Kier alpha value is -4.90. The number of aldehydes is 2. The Morgan fingerprint density at radius 3 is 2.22 bits per heavy atom. The molecule has 14 heteroatoms. The van der Waals surface area contributed by atoms with Gasteiger partial charge >= 0.3 is 0 Å². The predicted octanol–water partition coefficient (Wildman–Crippen LogP) is 7.22. The summed E-state index contributed by atoms with van der Waals surface area (Å²) in [7, 11) is 4.81. The van der Waals surface area contributed by atoms with Gasteiger partial charge in [0.25, 0.3) is 5.91 Å². The van der Waals surface area contributed by atoms with E-state index in [1.54, 1.807) is 42.5 Å². The minimum absolute atomic E-state index is 0.156. The number of hydrogen-bond acceptors (Lipinski definition) is 10. The lowest BCUT2D eigenvalue weighted by atomic mass is 9.53. The number of carbonyl (C=O) groups is 5. The van der Waals surface area contributed by atoms with E-state index in [1.807, 2.05) is 24.1 Å². The van der Waals surface area contributed by atoms with Crippen LogP contribution < -0.4 is 15.8 Å². The Bertz CT molecular complexity index is 1880. The van der Waals surface area contributed by atoms with E-state index in [1.165, 1.54) is 31.5 Å². The molecule has 2 heterocycles. The fourth-order valence-corrected chi connectivity index (χ4v) is 8.83. The molecule has 1 atom stereocenters. The number of nitrogens with zero attached hydrogens (tertiary/aromatic N) is 4. The lowest BCUT2D eigenvalue weighted by molar-refractivity contribution is -0.169. The largest absolute Gasteiger partial charge is 0.494 e. The average Bonchev–Trinajstić information content (AvgIpc) is 3.70. The number of hydrogen-bond donors (Lipinski definition) is 2. The number of methoxy groups -OCH3 is 1. The molecular formula is C44H59ClN6O7. The fraction of sp³-hybridized carbons (Fsp3) is 0.523. The number of likely N-dealkylation sites (N-methyl/N-ethyl adjacent to an activating group) is 1. The van der Waals surface area contributed by atoms with Gasteiger partial charge < -0.3 is 20.1 Å². The van der Waals surface area contributed by atoms with Crippen LogP contribution in [0.15, 0.2) is 54.7 Å². The van der Waals surface area contributed by atoms with Crippen molar-refractivity contribution in [1.82, 2.24) is 20.0 Å². The average molecular weight is 819 g/mol. The minimum Gasteiger partial charge on any atom is -0.494 e. The molecule has 0 radical (unpaired) electrons. The Kier molecular flexibility index (Phi) is 18.3. The second kappa shape index (κ2) is 22.3. The van der Waals surface area contributed by atoms with Crippen LogP contribution in [-0.2, 0) is 14.3 Å². The first kappa shape index (κ1) is 47.5. The van der Waals surface area contributed by atoms with Crippen LogP contribution >= 0.6 is 11.6 Å². The molecule has 3 N–H and O–H groups in total. The number of rotatable bonds is 11. The van der Waals surface area contributed by atoms with Crippen LogP contribution in [0.4, 0.5) is 0 Å². The third-order valence-electron chi connectivity index (χ3n) is 10.9. The Morgan fingerprint density at radius 1 is 1.03 bits per heavy atom. The highest BCUT2D eigenvalue weighted by atomic mass is 35.5. The summed E-state index contributed by atoms with van der Waals surface area (Å²) >= 11 is 5.60. The molecule has 2 aromatic carbocycles. The fourth-order valence-electron chi connectivity index (χ4n) is 8.65. The van der Waals surface area contributed by atoms with Crippen molar-refractivity contribution in [1.29, 1.82) is 5.26 Å². The summed E-state index contributed by atoms with van der Waals surface area (Å²) in [5.41, 5.74) is 6.67. The molecule has 0 spiro atoms. The molecule has 0 bridgehead atoms. The molecule has 3 aliphatic rings. The third-order valence-corrected chi connectivity index (χ3v) is 11.2. The zero-order valence-electron chi connectivity index (χ0n) is 34.8. The van der Waals surface area contributed by atoms with E-state index in [0.29, 0.717) is 63.8 Å². The minimum atomic E-state index is -0.773. The first-order chi connectivity index (χ1) is 27.6. The van der Waals surface area contributed by atoms with Crippen LogP contribution in [0.3, 0.4) is 0 Å². The van der Waals surface area contributed by atoms with Crippen molar-refractivity contribution in [3.05, 3.63) is 82.1 Å². The number of nitrogens with one attached hydrogen (secondary N) is 1. The molecule has 2 aliphatic carbocycles. The van der Waals surface area contributed by atoms with Crippen molar-refractivity contribution in [2.75, 3.05) is 27.8 Å². The standard InChI is InChI=1S/C27H32N4O6.C9H18O.C7H4ClN.CH5N/c1-30(24-10-11-25(34)28-26(24)35)27(36)23-15-22(9-6-19(23)16-32)37-14-2-3-18-4-7-21(8-5-18)31-13-12-20(17-33)29-31;1-8(2)6-9(3,4)7(8)10-5;8-7-4-2-1-3-6(7)5-9;1-2/h6,9,12-13,15-18,21,24H,2-5,7-8,10-11,14H2,1H3,(H,28,34,35);7H,6H2,1-5H3;1-4H;2H2,1H3. The van der Waals surface area contributed by atoms with Gasteiger partial charge in [-0.15, -0.1) is 0 Å². The normalized spacial score (nSPS) is 20.4. The van der Waals surface area contributed by atoms with Crippen molar-refractivity contribution < 1.29 is 33.4 Å². The summed E-state index contributed by atoms with van der Waals surface area (Å²) in [5, 5.41) is 15.5. The Morgan fingerprint density at radius 2 is 1.71 bits per heavy atom. The molecule has 1 aliphatic heterocycles. The molecule has 58 heavy (non-hydrogen) atoms. The van der Waals surface area contributed by atoms with Gasteiger partial charge in [0.2, 0.25) is 11.8 Å². The van der Waals surface area contributed by atoms with E-state index >= 15 is 0 Å². The smallest absolute Gasteiger partial charge is 0.255 e. The van der Waals surface area contributed by atoms with E-state index in [0.717, 1.165) is 44.8 Å². The molecule has 3 amide bonds. The highest BCUT2D eigenvalue weighted by Gasteiger charge is 2.53. The van der Waals surface area contributed by atoms with Crippen molar-refractivity contribution in [3.8, 4) is 11.8 Å². The summed E-state index contributed by atoms with van der Waals surface area (Å²) < 4.78 is 13.2. The molecular weight excluding hydrogens is 760 g/mol. The summed E-state index contributed by atoms with van der Waals surface area (Å²) in [6, 6.07) is 15.0. The molecule has 3 fully saturated rings. The van der Waals surface area contributed by atoms with E-state index in [2.05, 4.69) is 43.8 Å². The number of nitriles is 1. The van der Waals surface area contributed by atoms with Gasteiger partial charge in [0.1, 0.15) is 23.6 Å². The van der Waals surface area contributed by atoms with Crippen molar-refractivity contribution in [2.24, 2.45) is 22.5 Å². The van der Waals surface area contributed by atoms with Crippen molar-refractivity contribution in [3.63, 3.8) is 0 Å². The van der Waals surface area contributed by atoms with Gasteiger partial charge in [0.15, 0.2) is 12.6 Å². The molecule has 1 unspecified atom stereocenters. The third kappa shape index (κ3) is 12.8. The highest BCUT2D eigenvalue weighted by molar-refractivity contribution is 6.31. The maximum absolute atomic E-state index is 13.1. The molecule has 3 aromatic rings. The SMILES string of the molecule is CN.CN(C(=O)c1cc(OCCCC2CCC(n3ccc(C=O)n3)CC2)ccc1C=O)C1CCC(=O)NC1=O.COC1C(C)(C)CC1(C)C.N#Cc1ccccc1Cl. The second-order valence-electron chi connectivity index (χ2n) is 16.1. The van der Waals surface area contributed by atoms with Gasteiger partial charge in [0.05, 0.1) is 34.9 Å². The Balaban J connectivity index is 0.000000347. The highest BCUT2D eigenvalue weighted by Crippen LogP contribution is 2.55. The van der Waals surface area contributed by atoms with Gasteiger partial charge in [-0.3, -0.25) is 34.0 Å². The van der Waals surface area contributed by atoms with E-state index in [4.69, 9.17) is 26.3 Å². The zero-order valence-corrected chi connectivity index (χ0v) is 35.6. The number of nitrogens with two attached hydrogens (primary N) is 1. The molecule has 1 aromatic heterocycles. The van der Waals surface area contributed by atoms with Crippen LogP contribution in [0.25, 0.3) is 0 Å². The van der Waals surface area contributed by atoms with Gasteiger partial charge in [-0.25, -0.2) is 0 Å². The van der Waals surface area contributed by atoms with E-state index in [9.17, 15) is 24.0 Å². The molecule has 2 saturated carbocycles. The number of aromatic nitrogens is 2. The molecule has 314 valence electrons. The predicted molar refractivity (Wildman–Crippen MR) is 223 cm³/mol. The van der Waals surface area contributed by atoms with E-state index in [-0.39, 0.29) is 29.9 Å². The first-order valence-electron chi connectivity index (χ1n) is 19.7. The number of amides is 3. The summed E-state index contributed by atoms with van der Waals surface area (Å²) in [6.07, 6.45) is 11.5. The van der Waals surface area contributed by atoms with Crippen LogP contribution in [0, 0.1) is 28.1 Å². The molecule has 6 rings (SSSR count). The van der Waals surface area contributed by atoms with Gasteiger partial charge in [0, 0.05) is 32.3 Å². The Labute approximate surface area is 347 Å². The number of ether oxygens (including phenoxy) is 2. The van der Waals surface area contributed by atoms with Crippen molar-refractivity contribution in [2.45, 2.75) is 104 Å². The van der Waals surface area contributed by atoms with Crippen LogP contribution in [0.2, 0.25) is 5.02 Å².